The fourth-order valence-corrected chi connectivity index (χ4v) is 2.08. The molecule has 0 aromatic carbocycles. The highest BCUT2D eigenvalue weighted by molar-refractivity contribution is 5.90. The maximum Gasteiger partial charge on any atom is 0.329 e. The minimum atomic E-state index is -1.16. The zero-order valence-electron chi connectivity index (χ0n) is 10.8. The van der Waals surface area contributed by atoms with E-state index in [1.54, 1.807) is 13.8 Å². The number of amides is 1. The summed E-state index contributed by atoms with van der Waals surface area (Å²) >= 11 is 0. The average molecular weight is 242 g/mol. The summed E-state index contributed by atoms with van der Waals surface area (Å²) in [5.41, 5.74) is -1.60. The van der Waals surface area contributed by atoms with E-state index in [1.807, 2.05) is 6.92 Å². The van der Waals surface area contributed by atoms with E-state index in [4.69, 9.17) is 5.11 Å². The monoisotopic (exact) mass is 242 g/mol. The summed E-state index contributed by atoms with van der Waals surface area (Å²) in [7, 11) is 0. The van der Waals surface area contributed by atoms with Crippen molar-refractivity contribution < 1.29 is 14.7 Å². The van der Waals surface area contributed by atoms with E-state index in [1.165, 1.54) is 0 Å². The van der Waals surface area contributed by atoms with Crippen molar-refractivity contribution in [2.45, 2.75) is 45.6 Å². The van der Waals surface area contributed by atoms with Crippen LogP contribution in [-0.4, -0.2) is 35.6 Å². The van der Waals surface area contributed by atoms with Gasteiger partial charge in [0.2, 0.25) is 5.91 Å². The van der Waals surface area contributed by atoms with Gasteiger partial charge in [0.25, 0.3) is 0 Å². The summed E-state index contributed by atoms with van der Waals surface area (Å²) in [6.45, 7) is 6.74. The SMILES string of the molecule is CCC1(C(=O)NC(C)(CC)C(=O)O)CCNC1. The zero-order valence-corrected chi connectivity index (χ0v) is 10.8. The molecule has 98 valence electrons. The van der Waals surface area contributed by atoms with E-state index < -0.39 is 16.9 Å². The number of nitrogens with one attached hydrogen (secondary N) is 2. The molecule has 1 heterocycles. The van der Waals surface area contributed by atoms with Gasteiger partial charge < -0.3 is 15.7 Å². The molecule has 3 N–H and O–H groups in total. The van der Waals surface area contributed by atoms with Gasteiger partial charge in [0.15, 0.2) is 0 Å². The Labute approximate surface area is 102 Å². The van der Waals surface area contributed by atoms with Gasteiger partial charge in [-0.25, -0.2) is 4.79 Å². The number of aliphatic carboxylic acids is 1. The Hall–Kier alpha value is -1.10. The number of carboxylic acid groups (broad SMARTS) is 1. The molecule has 2 atom stereocenters. The number of carbonyl (C=O) groups is 2. The Bertz CT molecular complexity index is 311. The van der Waals surface area contributed by atoms with Gasteiger partial charge in [0.1, 0.15) is 5.54 Å². The Balaban J connectivity index is 2.80. The molecule has 5 nitrogen and oxygen atoms in total. The number of rotatable bonds is 5. The highest BCUT2D eigenvalue weighted by Gasteiger charge is 2.43. The Morgan fingerprint density at radius 2 is 2.12 bits per heavy atom. The van der Waals surface area contributed by atoms with Crippen molar-refractivity contribution >= 4 is 11.9 Å². The molecule has 17 heavy (non-hydrogen) atoms. The first-order valence-electron chi connectivity index (χ1n) is 6.17. The van der Waals surface area contributed by atoms with Crippen LogP contribution in [0.2, 0.25) is 0 Å². The van der Waals surface area contributed by atoms with Gasteiger partial charge >= 0.3 is 5.97 Å². The molecular formula is C12H22N2O3. The molecule has 0 spiro atoms. The fraction of sp³-hybridized carbons (Fsp3) is 0.833. The van der Waals surface area contributed by atoms with Gasteiger partial charge in [0.05, 0.1) is 5.41 Å². The number of hydrogen-bond donors (Lipinski definition) is 3. The normalized spacial score (nSPS) is 27.5. The lowest BCUT2D eigenvalue weighted by Crippen LogP contribution is -2.56. The second-order valence-corrected chi connectivity index (χ2v) is 5.01. The summed E-state index contributed by atoms with van der Waals surface area (Å²) in [4.78, 5) is 23.4. The third-order valence-electron chi connectivity index (χ3n) is 3.97. The van der Waals surface area contributed by atoms with Crippen LogP contribution < -0.4 is 10.6 Å². The molecule has 1 amide bonds. The van der Waals surface area contributed by atoms with Crippen molar-refractivity contribution in [2.75, 3.05) is 13.1 Å². The van der Waals surface area contributed by atoms with Crippen LogP contribution in [-0.2, 0) is 9.59 Å². The predicted octanol–water partition coefficient (Wildman–Crippen LogP) is 0.746. The minimum absolute atomic E-state index is 0.142. The first-order chi connectivity index (χ1) is 7.90. The second-order valence-electron chi connectivity index (χ2n) is 5.01. The smallest absolute Gasteiger partial charge is 0.329 e. The molecule has 0 aliphatic carbocycles. The minimum Gasteiger partial charge on any atom is -0.480 e. The van der Waals surface area contributed by atoms with Crippen LogP contribution in [0.15, 0.2) is 0 Å². The van der Waals surface area contributed by atoms with E-state index in [2.05, 4.69) is 10.6 Å². The van der Waals surface area contributed by atoms with Crippen LogP contribution in [0.25, 0.3) is 0 Å². The Morgan fingerprint density at radius 3 is 2.47 bits per heavy atom. The van der Waals surface area contributed by atoms with Crippen LogP contribution in [0.5, 0.6) is 0 Å². The molecule has 1 aliphatic rings. The van der Waals surface area contributed by atoms with E-state index >= 15 is 0 Å². The van der Waals surface area contributed by atoms with Gasteiger partial charge in [-0.2, -0.15) is 0 Å². The van der Waals surface area contributed by atoms with Crippen LogP contribution >= 0.6 is 0 Å². The van der Waals surface area contributed by atoms with Crippen LogP contribution in [0.1, 0.15) is 40.0 Å². The molecule has 0 aromatic rings. The lowest BCUT2D eigenvalue weighted by atomic mass is 9.82. The summed E-state index contributed by atoms with van der Waals surface area (Å²) in [5, 5.41) is 15.0. The van der Waals surface area contributed by atoms with Gasteiger partial charge in [-0.1, -0.05) is 13.8 Å². The van der Waals surface area contributed by atoms with Gasteiger partial charge in [-0.05, 0) is 32.7 Å². The van der Waals surface area contributed by atoms with Crippen molar-refractivity contribution in [2.24, 2.45) is 5.41 Å². The van der Waals surface area contributed by atoms with Crippen molar-refractivity contribution in [3.63, 3.8) is 0 Å². The summed E-state index contributed by atoms with van der Waals surface area (Å²) in [6, 6.07) is 0. The fourth-order valence-electron chi connectivity index (χ4n) is 2.08. The van der Waals surface area contributed by atoms with Crippen molar-refractivity contribution in [1.29, 1.82) is 0 Å². The van der Waals surface area contributed by atoms with Gasteiger partial charge in [-0.15, -0.1) is 0 Å². The van der Waals surface area contributed by atoms with Crippen LogP contribution in [0, 0.1) is 5.41 Å². The van der Waals surface area contributed by atoms with Gasteiger partial charge in [-0.3, -0.25) is 4.79 Å². The summed E-state index contributed by atoms with van der Waals surface area (Å²) < 4.78 is 0. The molecule has 2 unspecified atom stereocenters. The predicted molar refractivity (Wildman–Crippen MR) is 64.7 cm³/mol. The third kappa shape index (κ3) is 2.60. The third-order valence-corrected chi connectivity index (χ3v) is 3.97. The number of carbonyl (C=O) groups excluding carboxylic acids is 1. The molecule has 5 heteroatoms. The van der Waals surface area contributed by atoms with Crippen LogP contribution in [0.4, 0.5) is 0 Å². The summed E-state index contributed by atoms with van der Waals surface area (Å²) in [5.74, 6) is -1.12. The quantitative estimate of drug-likeness (QED) is 0.664. The summed E-state index contributed by atoms with van der Waals surface area (Å²) in [6.07, 6.45) is 1.88. The molecule has 1 aliphatic heterocycles. The van der Waals surface area contributed by atoms with Crippen molar-refractivity contribution in [1.82, 2.24) is 10.6 Å². The molecule has 0 bridgehead atoms. The largest absolute Gasteiger partial charge is 0.480 e. The maximum atomic E-state index is 12.3. The Kier molecular flexibility index (Phi) is 4.14. The number of hydrogen-bond acceptors (Lipinski definition) is 3. The highest BCUT2D eigenvalue weighted by Crippen LogP contribution is 2.30. The van der Waals surface area contributed by atoms with E-state index in [-0.39, 0.29) is 5.91 Å². The lowest BCUT2D eigenvalue weighted by molar-refractivity contribution is -0.149. The molecule has 0 radical (unpaired) electrons. The van der Waals surface area contributed by atoms with E-state index in [0.717, 1.165) is 19.4 Å². The molecule has 1 saturated heterocycles. The molecule has 0 aromatic heterocycles. The molecular weight excluding hydrogens is 220 g/mol. The Morgan fingerprint density at radius 1 is 1.47 bits per heavy atom. The first-order valence-corrected chi connectivity index (χ1v) is 6.17. The second kappa shape index (κ2) is 5.04. The van der Waals surface area contributed by atoms with E-state index in [9.17, 15) is 9.59 Å². The zero-order chi connectivity index (χ0) is 13.1. The molecule has 1 rings (SSSR count). The first kappa shape index (κ1) is 14.0. The lowest BCUT2D eigenvalue weighted by Gasteiger charge is -2.32. The van der Waals surface area contributed by atoms with Crippen molar-refractivity contribution in [3.8, 4) is 0 Å². The maximum absolute atomic E-state index is 12.3. The van der Waals surface area contributed by atoms with E-state index in [0.29, 0.717) is 13.0 Å². The van der Waals surface area contributed by atoms with Gasteiger partial charge in [0, 0.05) is 6.54 Å². The standard InChI is InChI=1S/C12H22N2O3/c1-4-11(3,10(16)17)14-9(15)12(5-2)6-7-13-8-12/h13H,4-8H2,1-3H3,(H,14,15)(H,16,17). The average Bonchev–Trinajstić information content (AvgIpc) is 2.78. The topological polar surface area (TPSA) is 78.4 Å². The number of carboxylic acids is 1. The molecule has 1 fully saturated rings. The van der Waals surface area contributed by atoms with Crippen LogP contribution in [0.3, 0.4) is 0 Å². The molecule has 0 saturated carbocycles. The highest BCUT2D eigenvalue weighted by atomic mass is 16.4. The van der Waals surface area contributed by atoms with Crippen molar-refractivity contribution in [3.05, 3.63) is 0 Å².